The maximum absolute atomic E-state index is 13.8. The molecule has 35 heavy (non-hydrogen) atoms. The Labute approximate surface area is 197 Å². The van der Waals surface area contributed by atoms with Crippen molar-refractivity contribution in [1.29, 1.82) is 0 Å². The molecule has 0 bridgehead atoms. The Bertz CT molecular complexity index is 1430. The number of Topliss-reactive ketones (excluding diaryl/α,β-unsaturated/α-hetero) is 2. The van der Waals surface area contributed by atoms with E-state index in [1.165, 1.54) is 0 Å². The molecule has 0 radical (unpaired) electrons. The lowest BCUT2D eigenvalue weighted by Crippen LogP contribution is -2.56. The molecule has 5 aromatic rings. The second-order valence-electron chi connectivity index (χ2n) is 7.86. The first-order chi connectivity index (χ1) is 17.2. The van der Waals surface area contributed by atoms with Crippen LogP contribution in [-0.4, -0.2) is 37.9 Å². The predicted octanol–water partition coefficient (Wildman–Crippen LogP) is 4.09. The summed E-state index contributed by atoms with van der Waals surface area (Å²) in [6.45, 7) is 0. The van der Waals surface area contributed by atoms with Crippen LogP contribution in [0.4, 0.5) is 11.6 Å². The van der Waals surface area contributed by atoms with Crippen LogP contribution in [0.1, 0.15) is 20.7 Å². The number of ketones is 2. The monoisotopic (exact) mass is 464 g/mol. The quantitative estimate of drug-likeness (QED) is 0.279. The summed E-state index contributed by atoms with van der Waals surface area (Å²) in [7, 11) is 0. The first-order valence-corrected chi connectivity index (χ1v) is 10.7. The minimum absolute atomic E-state index is 0.107. The molecule has 0 spiro atoms. The van der Waals surface area contributed by atoms with Gasteiger partial charge in [-0.15, -0.1) is 0 Å². The Kier molecular flexibility index (Phi) is 4.70. The Hall–Kier alpha value is -5.12. The molecule has 0 atom stereocenters. The van der Waals surface area contributed by atoms with Crippen molar-refractivity contribution in [3.05, 3.63) is 96.1 Å². The van der Waals surface area contributed by atoms with Gasteiger partial charge in [0.25, 0.3) is 0 Å². The number of rotatable bonds is 6. The van der Waals surface area contributed by atoms with Gasteiger partial charge in [-0.1, -0.05) is 84.9 Å². The van der Waals surface area contributed by atoms with Gasteiger partial charge in [0.05, 0.1) is 0 Å². The van der Waals surface area contributed by atoms with Crippen molar-refractivity contribution in [2.24, 2.45) is 0 Å². The van der Waals surface area contributed by atoms with Crippen molar-refractivity contribution in [2.75, 3.05) is 10.6 Å². The Morgan fingerprint density at radius 1 is 0.543 bits per heavy atom. The van der Waals surface area contributed by atoms with Crippen molar-refractivity contribution in [3.63, 3.8) is 0 Å². The average Bonchev–Trinajstić information content (AvgIpc) is 3.61. The van der Waals surface area contributed by atoms with E-state index in [0.717, 1.165) is 0 Å². The van der Waals surface area contributed by atoms with Gasteiger partial charge in [0.2, 0.25) is 28.9 Å². The Balaban J connectivity index is 1.47. The molecule has 1 aliphatic rings. The third kappa shape index (κ3) is 3.27. The summed E-state index contributed by atoms with van der Waals surface area (Å²) in [5, 5.41) is 21.8. The lowest BCUT2D eigenvalue weighted by atomic mass is 10.0. The van der Waals surface area contributed by atoms with Gasteiger partial charge < -0.3 is 10.6 Å². The standard InChI is InChI=1S/C25H16N6O4/c32-21-17-13-7-8-14-18(17)22(33)25(21,26-23-19(28-34-30-23)15-9-3-1-4-10-15)27-24-20(29-35-31-24)16-11-5-2-6-12-16/h1-14H,(H,26,30)(H,27,31). The number of hydrogen-bond acceptors (Lipinski definition) is 10. The van der Waals surface area contributed by atoms with E-state index in [-0.39, 0.29) is 22.8 Å². The number of nitrogens with one attached hydrogen (secondary N) is 2. The lowest BCUT2D eigenvalue weighted by Gasteiger charge is -2.28. The second-order valence-corrected chi connectivity index (χ2v) is 7.86. The van der Waals surface area contributed by atoms with Crippen LogP contribution < -0.4 is 10.6 Å². The van der Waals surface area contributed by atoms with Gasteiger partial charge in [-0.3, -0.25) is 9.59 Å². The molecule has 0 amide bonds. The summed E-state index contributed by atoms with van der Waals surface area (Å²) >= 11 is 0. The minimum atomic E-state index is -1.99. The fourth-order valence-electron chi connectivity index (χ4n) is 4.11. The number of anilines is 2. The largest absolute Gasteiger partial charge is 0.330 e. The maximum Gasteiger partial charge on any atom is 0.241 e. The first kappa shape index (κ1) is 20.5. The van der Waals surface area contributed by atoms with Crippen molar-refractivity contribution >= 4 is 23.2 Å². The summed E-state index contributed by atoms with van der Waals surface area (Å²) in [4.78, 5) is 27.5. The van der Waals surface area contributed by atoms with E-state index in [4.69, 9.17) is 9.26 Å². The van der Waals surface area contributed by atoms with Gasteiger partial charge in [0.15, 0.2) is 11.4 Å². The number of nitrogens with zero attached hydrogens (tertiary/aromatic N) is 4. The molecule has 10 nitrogen and oxygen atoms in total. The van der Waals surface area contributed by atoms with Gasteiger partial charge in [0.1, 0.15) is 0 Å². The van der Waals surface area contributed by atoms with Crippen LogP contribution >= 0.6 is 0 Å². The van der Waals surface area contributed by atoms with Crippen LogP contribution in [0.2, 0.25) is 0 Å². The highest BCUT2D eigenvalue weighted by atomic mass is 16.6. The van der Waals surface area contributed by atoms with Crippen LogP contribution in [0.25, 0.3) is 22.5 Å². The number of hydrogen-bond donors (Lipinski definition) is 2. The number of carbonyl (C=O) groups is 2. The van der Waals surface area contributed by atoms with E-state index in [0.29, 0.717) is 22.5 Å². The van der Waals surface area contributed by atoms with Crippen molar-refractivity contribution in [2.45, 2.75) is 5.66 Å². The molecule has 3 aromatic carbocycles. The number of benzene rings is 3. The lowest BCUT2D eigenvalue weighted by molar-refractivity contribution is 0.0841. The maximum atomic E-state index is 13.8. The van der Waals surface area contributed by atoms with E-state index >= 15 is 0 Å². The third-order valence-corrected chi connectivity index (χ3v) is 5.78. The average molecular weight is 464 g/mol. The van der Waals surface area contributed by atoms with Crippen LogP contribution in [0, 0.1) is 0 Å². The third-order valence-electron chi connectivity index (χ3n) is 5.78. The van der Waals surface area contributed by atoms with Crippen molar-refractivity contribution in [1.82, 2.24) is 20.6 Å². The van der Waals surface area contributed by atoms with E-state index in [9.17, 15) is 9.59 Å². The number of fused-ring (bicyclic) bond motifs is 1. The summed E-state index contributed by atoms with van der Waals surface area (Å²) in [5.74, 6) is -0.809. The van der Waals surface area contributed by atoms with Crippen LogP contribution in [0.3, 0.4) is 0 Å². The molecule has 0 saturated heterocycles. The Morgan fingerprint density at radius 3 is 1.37 bits per heavy atom. The fourth-order valence-corrected chi connectivity index (χ4v) is 4.11. The van der Waals surface area contributed by atoms with Crippen LogP contribution in [0.15, 0.2) is 94.2 Å². The molecule has 2 aromatic heterocycles. The molecule has 2 heterocycles. The summed E-state index contributed by atoms with van der Waals surface area (Å²) in [5.41, 5.74) is 0.578. The van der Waals surface area contributed by atoms with E-state index in [2.05, 4.69) is 31.3 Å². The molecule has 0 saturated carbocycles. The van der Waals surface area contributed by atoms with Gasteiger partial charge >= 0.3 is 0 Å². The van der Waals surface area contributed by atoms with Gasteiger partial charge in [0, 0.05) is 22.3 Å². The van der Waals surface area contributed by atoms with E-state index in [1.54, 1.807) is 24.3 Å². The highest BCUT2D eigenvalue weighted by Crippen LogP contribution is 2.37. The predicted molar refractivity (Wildman–Crippen MR) is 125 cm³/mol. The molecule has 6 rings (SSSR count). The molecule has 1 aliphatic carbocycles. The van der Waals surface area contributed by atoms with Gasteiger partial charge in [-0.2, -0.15) is 0 Å². The molecule has 0 aliphatic heterocycles. The zero-order valence-electron chi connectivity index (χ0n) is 18.0. The molecule has 170 valence electrons. The first-order valence-electron chi connectivity index (χ1n) is 10.7. The second kappa shape index (κ2) is 8.03. The fraction of sp³-hybridized carbons (Fsp3) is 0.0400. The summed E-state index contributed by atoms with van der Waals surface area (Å²) in [6.07, 6.45) is 0. The van der Waals surface area contributed by atoms with E-state index in [1.807, 2.05) is 60.7 Å². The normalized spacial score (nSPS) is 14.1. The molecule has 0 unspecified atom stereocenters. The van der Waals surface area contributed by atoms with Gasteiger partial charge in [-0.25, -0.2) is 9.26 Å². The Morgan fingerprint density at radius 2 is 0.943 bits per heavy atom. The highest BCUT2D eigenvalue weighted by Gasteiger charge is 2.55. The minimum Gasteiger partial charge on any atom is -0.330 e. The zero-order chi connectivity index (χ0) is 23.8. The smallest absolute Gasteiger partial charge is 0.241 e. The number of aromatic nitrogens is 4. The van der Waals surface area contributed by atoms with E-state index < -0.39 is 17.2 Å². The SMILES string of the molecule is O=C1c2ccccc2C(=O)C1(Nc1nonc1-c1ccccc1)Nc1nonc1-c1ccccc1. The molecular formula is C25H16N6O4. The highest BCUT2D eigenvalue weighted by molar-refractivity contribution is 6.35. The van der Waals surface area contributed by atoms with Gasteiger partial charge in [-0.05, 0) is 20.6 Å². The number of carbonyl (C=O) groups excluding carboxylic acids is 2. The molecule has 2 N–H and O–H groups in total. The molecule has 10 heteroatoms. The molecular weight excluding hydrogens is 448 g/mol. The summed E-state index contributed by atoms with van der Waals surface area (Å²) < 4.78 is 9.94. The zero-order valence-corrected chi connectivity index (χ0v) is 18.0. The summed E-state index contributed by atoms with van der Waals surface area (Å²) in [6, 6.07) is 24.9. The molecule has 0 fully saturated rings. The van der Waals surface area contributed by atoms with Crippen molar-refractivity contribution < 1.29 is 18.8 Å². The van der Waals surface area contributed by atoms with Crippen molar-refractivity contribution in [3.8, 4) is 22.5 Å². The van der Waals surface area contributed by atoms with Crippen LogP contribution in [0.5, 0.6) is 0 Å². The topological polar surface area (TPSA) is 136 Å². The van der Waals surface area contributed by atoms with Crippen LogP contribution in [-0.2, 0) is 0 Å².